The van der Waals surface area contributed by atoms with Crippen LogP contribution in [0.2, 0.25) is 0 Å². The van der Waals surface area contributed by atoms with Gasteiger partial charge in [0, 0.05) is 48.9 Å². The summed E-state index contributed by atoms with van der Waals surface area (Å²) in [5.41, 5.74) is 3.27. The summed E-state index contributed by atoms with van der Waals surface area (Å²) in [4.78, 5) is 4.92. The van der Waals surface area contributed by atoms with Gasteiger partial charge in [-0.25, -0.2) is 0 Å². The number of nitrogens with one attached hydrogen (secondary N) is 1. The zero-order valence-corrected chi connectivity index (χ0v) is 21.8. The van der Waals surface area contributed by atoms with E-state index in [-0.39, 0.29) is 18.8 Å². The van der Waals surface area contributed by atoms with Gasteiger partial charge in [0.25, 0.3) is 0 Å². The standard InChI is InChI=1S/C27H31N3O3S2/c1-17(27(14-28)35-29-15-23-12-22(32)13-24(16-31)33-23)25-8-9-26(34-25)20-5-4-19-11-21(30(2)3)7-6-18(19)10-20/h4-11,22-24,29,31-32H,12-13,15-16H2,1-3H3/b27-17+. The Kier molecular flexibility index (Phi) is 8.50. The lowest BCUT2D eigenvalue weighted by atomic mass is 10.0. The van der Waals surface area contributed by atoms with Crippen molar-refractivity contribution < 1.29 is 14.9 Å². The second kappa shape index (κ2) is 11.6. The molecule has 1 aliphatic rings. The summed E-state index contributed by atoms with van der Waals surface area (Å²) in [5, 5.41) is 31.5. The molecular weight excluding hydrogens is 478 g/mol. The molecule has 8 heteroatoms. The lowest BCUT2D eigenvalue weighted by Crippen LogP contribution is -2.41. The van der Waals surface area contributed by atoms with Crippen LogP contribution in [0.4, 0.5) is 5.69 Å². The number of hydrogen-bond acceptors (Lipinski definition) is 8. The van der Waals surface area contributed by atoms with Crippen LogP contribution in [0.25, 0.3) is 26.8 Å². The first-order valence-electron chi connectivity index (χ1n) is 11.6. The minimum Gasteiger partial charge on any atom is -0.394 e. The number of allylic oxidation sites excluding steroid dienone is 2. The largest absolute Gasteiger partial charge is 0.394 e. The van der Waals surface area contributed by atoms with E-state index >= 15 is 0 Å². The van der Waals surface area contributed by atoms with Gasteiger partial charge < -0.3 is 19.8 Å². The van der Waals surface area contributed by atoms with Gasteiger partial charge in [-0.2, -0.15) is 5.26 Å². The van der Waals surface area contributed by atoms with Crippen molar-refractivity contribution in [3.63, 3.8) is 0 Å². The number of rotatable bonds is 8. The van der Waals surface area contributed by atoms with Crippen molar-refractivity contribution in [1.82, 2.24) is 4.72 Å². The molecule has 2 aromatic carbocycles. The molecule has 184 valence electrons. The highest BCUT2D eigenvalue weighted by Gasteiger charge is 2.27. The molecule has 0 bridgehead atoms. The van der Waals surface area contributed by atoms with Gasteiger partial charge in [-0.1, -0.05) is 18.2 Å². The smallest absolute Gasteiger partial charge is 0.108 e. The first-order valence-corrected chi connectivity index (χ1v) is 13.3. The van der Waals surface area contributed by atoms with Gasteiger partial charge in [0.2, 0.25) is 0 Å². The van der Waals surface area contributed by atoms with Crippen LogP contribution in [-0.2, 0) is 4.74 Å². The number of ether oxygens (including phenoxy) is 1. The second-order valence-electron chi connectivity index (χ2n) is 9.01. The monoisotopic (exact) mass is 509 g/mol. The Labute approximate surface area is 215 Å². The zero-order chi connectivity index (χ0) is 24.9. The molecule has 0 aliphatic carbocycles. The maximum atomic E-state index is 9.97. The van der Waals surface area contributed by atoms with Gasteiger partial charge in [0.1, 0.15) is 11.0 Å². The number of aliphatic hydroxyl groups is 2. The zero-order valence-electron chi connectivity index (χ0n) is 20.2. The number of hydrogen-bond donors (Lipinski definition) is 3. The summed E-state index contributed by atoms with van der Waals surface area (Å²) in [5.74, 6) is 0. The van der Waals surface area contributed by atoms with E-state index < -0.39 is 6.10 Å². The Morgan fingerprint density at radius 1 is 1.14 bits per heavy atom. The molecule has 0 saturated carbocycles. The average Bonchev–Trinajstić information content (AvgIpc) is 3.35. The fraction of sp³-hybridized carbons (Fsp3) is 0.370. The van der Waals surface area contributed by atoms with Crippen LogP contribution in [0.15, 0.2) is 53.4 Å². The number of nitriles is 1. The molecular formula is C27H31N3O3S2. The molecule has 1 aliphatic heterocycles. The van der Waals surface area contributed by atoms with Crippen LogP contribution in [0.5, 0.6) is 0 Å². The highest BCUT2D eigenvalue weighted by Crippen LogP contribution is 2.36. The van der Waals surface area contributed by atoms with Crippen LogP contribution >= 0.6 is 23.3 Å². The van der Waals surface area contributed by atoms with Gasteiger partial charge in [-0.3, -0.25) is 4.72 Å². The predicted octanol–water partition coefficient (Wildman–Crippen LogP) is 5.03. The lowest BCUT2D eigenvalue weighted by molar-refractivity contribution is -0.108. The molecule has 3 N–H and O–H groups in total. The Hall–Kier alpha value is -2.38. The summed E-state index contributed by atoms with van der Waals surface area (Å²) < 4.78 is 9.00. The first kappa shape index (κ1) is 25.7. The third-order valence-corrected chi connectivity index (χ3v) is 8.35. The lowest BCUT2D eigenvalue weighted by Gasteiger charge is -2.32. The Morgan fingerprint density at radius 3 is 2.63 bits per heavy atom. The Morgan fingerprint density at radius 2 is 1.89 bits per heavy atom. The number of anilines is 1. The van der Waals surface area contributed by atoms with E-state index in [1.807, 2.05) is 21.0 Å². The van der Waals surface area contributed by atoms with Gasteiger partial charge in [0.15, 0.2) is 0 Å². The summed E-state index contributed by atoms with van der Waals surface area (Å²) in [7, 11) is 4.09. The Bertz CT molecular complexity index is 1250. The molecule has 0 spiro atoms. The molecule has 2 heterocycles. The average molecular weight is 510 g/mol. The minimum atomic E-state index is -0.472. The second-order valence-corrected chi connectivity index (χ2v) is 11.0. The van der Waals surface area contributed by atoms with Crippen molar-refractivity contribution in [1.29, 1.82) is 5.26 Å². The first-order chi connectivity index (χ1) is 16.9. The quantitative estimate of drug-likeness (QED) is 0.290. The molecule has 4 rings (SSSR count). The maximum Gasteiger partial charge on any atom is 0.108 e. The van der Waals surface area contributed by atoms with Gasteiger partial charge in [-0.05, 0) is 71.1 Å². The predicted molar refractivity (Wildman–Crippen MR) is 146 cm³/mol. The van der Waals surface area contributed by atoms with E-state index in [0.29, 0.717) is 24.3 Å². The van der Waals surface area contributed by atoms with Gasteiger partial charge in [0.05, 0.1) is 24.9 Å². The number of benzene rings is 2. The molecule has 0 radical (unpaired) electrons. The molecule has 1 aromatic heterocycles. The molecule has 6 nitrogen and oxygen atoms in total. The topological polar surface area (TPSA) is 88.8 Å². The molecule has 3 atom stereocenters. The summed E-state index contributed by atoms with van der Waals surface area (Å²) in [6.07, 6.45) is -0.0280. The number of nitrogens with zero attached hydrogens (tertiary/aromatic N) is 2. The van der Waals surface area contributed by atoms with E-state index in [1.54, 1.807) is 11.3 Å². The van der Waals surface area contributed by atoms with Crippen molar-refractivity contribution in [2.45, 2.75) is 38.1 Å². The normalized spacial score (nSPS) is 21.0. The molecule has 1 fully saturated rings. The summed E-state index contributed by atoms with van der Waals surface area (Å²) in [6, 6.07) is 19.5. The van der Waals surface area contributed by atoms with Crippen molar-refractivity contribution in [2.75, 3.05) is 32.1 Å². The summed E-state index contributed by atoms with van der Waals surface area (Å²) >= 11 is 2.96. The third-order valence-electron chi connectivity index (χ3n) is 6.19. The van der Waals surface area contributed by atoms with Gasteiger partial charge >= 0.3 is 0 Å². The highest BCUT2D eigenvalue weighted by molar-refractivity contribution is 8.01. The van der Waals surface area contributed by atoms with E-state index in [0.717, 1.165) is 20.9 Å². The van der Waals surface area contributed by atoms with Crippen LogP contribution in [0.1, 0.15) is 24.6 Å². The SMILES string of the molecule is C/C(=C(/C#N)SNCC1CC(O)CC(CO)O1)c1ccc(-c2ccc3cc(N(C)C)ccc3c2)s1. The van der Waals surface area contributed by atoms with Crippen molar-refractivity contribution in [3.05, 3.63) is 58.3 Å². The maximum absolute atomic E-state index is 9.97. The van der Waals surface area contributed by atoms with E-state index in [9.17, 15) is 15.5 Å². The van der Waals surface area contributed by atoms with E-state index in [2.05, 4.69) is 64.2 Å². The molecule has 3 unspecified atom stereocenters. The van der Waals surface area contributed by atoms with Crippen molar-refractivity contribution in [3.8, 4) is 16.5 Å². The van der Waals surface area contributed by atoms with Crippen LogP contribution in [-0.4, -0.2) is 55.8 Å². The fourth-order valence-corrected chi connectivity index (χ4v) is 5.99. The number of fused-ring (bicyclic) bond motifs is 1. The van der Waals surface area contributed by atoms with Crippen LogP contribution < -0.4 is 9.62 Å². The van der Waals surface area contributed by atoms with Crippen molar-refractivity contribution >= 4 is 45.3 Å². The molecule has 1 saturated heterocycles. The summed E-state index contributed by atoms with van der Waals surface area (Å²) in [6.45, 7) is 2.35. The highest BCUT2D eigenvalue weighted by atomic mass is 32.2. The Balaban J connectivity index is 1.44. The minimum absolute atomic E-state index is 0.0990. The third kappa shape index (κ3) is 6.25. The van der Waals surface area contributed by atoms with Crippen LogP contribution in [0.3, 0.4) is 0 Å². The van der Waals surface area contributed by atoms with E-state index in [1.165, 1.54) is 28.4 Å². The molecule has 3 aromatic rings. The fourth-order valence-electron chi connectivity index (χ4n) is 4.20. The van der Waals surface area contributed by atoms with Crippen LogP contribution in [0, 0.1) is 11.3 Å². The van der Waals surface area contributed by atoms with E-state index in [4.69, 9.17) is 4.74 Å². The molecule has 35 heavy (non-hydrogen) atoms. The van der Waals surface area contributed by atoms with Gasteiger partial charge in [-0.15, -0.1) is 11.3 Å². The van der Waals surface area contributed by atoms with Crippen molar-refractivity contribution in [2.24, 2.45) is 0 Å². The number of aliphatic hydroxyl groups excluding tert-OH is 2. The molecule has 0 amide bonds. The number of thiophene rings is 1.